The van der Waals surface area contributed by atoms with Crippen LogP contribution in [0.5, 0.6) is 11.5 Å². The molecule has 1 rings (SSSR count). The molecule has 108 valence electrons. The summed E-state index contributed by atoms with van der Waals surface area (Å²) < 4.78 is 5.48. The van der Waals surface area contributed by atoms with Gasteiger partial charge in [0.05, 0.1) is 0 Å². The molecule has 0 saturated heterocycles. The van der Waals surface area contributed by atoms with Gasteiger partial charge in [-0.3, -0.25) is 0 Å². The number of hydrogen-bond acceptors (Lipinski definition) is 4. The summed E-state index contributed by atoms with van der Waals surface area (Å²) in [7, 11) is 0. The van der Waals surface area contributed by atoms with E-state index in [1.807, 2.05) is 6.92 Å². The van der Waals surface area contributed by atoms with Gasteiger partial charge in [-0.15, -0.1) is 0 Å². The highest BCUT2D eigenvalue weighted by Crippen LogP contribution is 2.27. The van der Waals surface area contributed by atoms with Crippen LogP contribution in [0, 0.1) is 0 Å². The van der Waals surface area contributed by atoms with Crippen molar-refractivity contribution in [2.24, 2.45) is 0 Å². The molecule has 0 aliphatic carbocycles. The number of nitrogens with one attached hydrogen (secondary N) is 1. The lowest BCUT2D eigenvalue weighted by Crippen LogP contribution is -2.21. The third-order valence-electron chi connectivity index (χ3n) is 3.04. The van der Waals surface area contributed by atoms with Crippen LogP contribution in [0.25, 0.3) is 0 Å². The maximum absolute atomic E-state index is 9.74. The summed E-state index contributed by atoms with van der Waals surface area (Å²) in [5, 5.41) is 22.3. The Morgan fingerprint density at radius 1 is 1.21 bits per heavy atom. The summed E-state index contributed by atoms with van der Waals surface area (Å²) in [5.74, 6) is 0.206. The smallest absolute Gasteiger partial charge is 0.124 e. The SMILES string of the molecule is CCCCOCCCNC(C)c1ccc(O)cc1O. The van der Waals surface area contributed by atoms with Crippen LogP contribution in [0.4, 0.5) is 0 Å². The van der Waals surface area contributed by atoms with Gasteiger partial charge in [0.25, 0.3) is 0 Å². The summed E-state index contributed by atoms with van der Waals surface area (Å²) in [6.07, 6.45) is 3.23. The molecule has 0 heterocycles. The van der Waals surface area contributed by atoms with Gasteiger partial charge in [0, 0.05) is 30.9 Å². The maximum Gasteiger partial charge on any atom is 0.124 e. The van der Waals surface area contributed by atoms with Crippen LogP contribution >= 0.6 is 0 Å². The van der Waals surface area contributed by atoms with Crippen molar-refractivity contribution in [3.63, 3.8) is 0 Å². The second kappa shape index (κ2) is 8.77. The van der Waals surface area contributed by atoms with Crippen LogP contribution < -0.4 is 5.32 Å². The molecule has 1 aromatic carbocycles. The summed E-state index contributed by atoms with van der Waals surface area (Å²) in [6, 6.07) is 4.74. The summed E-state index contributed by atoms with van der Waals surface area (Å²) >= 11 is 0. The van der Waals surface area contributed by atoms with E-state index in [-0.39, 0.29) is 17.5 Å². The van der Waals surface area contributed by atoms with Gasteiger partial charge in [0.1, 0.15) is 11.5 Å². The summed E-state index contributed by atoms with van der Waals surface area (Å²) in [4.78, 5) is 0. The van der Waals surface area contributed by atoms with Gasteiger partial charge in [-0.2, -0.15) is 0 Å². The molecule has 1 atom stereocenters. The standard InChI is InChI=1S/C15H25NO3/c1-3-4-9-19-10-5-8-16-12(2)14-7-6-13(17)11-15(14)18/h6-7,11-12,16-18H,3-5,8-10H2,1-2H3. The number of rotatable bonds is 9. The fraction of sp³-hybridized carbons (Fsp3) is 0.600. The molecule has 0 bridgehead atoms. The Morgan fingerprint density at radius 2 is 1.95 bits per heavy atom. The average molecular weight is 267 g/mol. The van der Waals surface area contributed by atoms with E-state index in [4.69, 9.17) is 4.74 Å². The molecular weight excluding hydrogens is 242 g/mol. The minimum Gasteiger partial charge on any atom is -0.508 e. The van der Waals surface area contributed by atoms with Crippen LogP contribution in [0.1, 0.15) is 44.7 Å². The lowest BCUT2D eigenvalue weighted by atomic mass is 10.1. The number of ether oxygens (including phenoxy) is 1. The molecule has 1 aromatic rings. The molecule has 0 aliphatic rings. The van der Waals surface area contributed by atoms with Crippen molar-refractivity contribution in [3.05, 3.63) is 23.8 Å². The van der Waals surface area contributed by atoms with E-state index < -0.39 is 0 Å². The highest BCUT2D eigenvalue weighted by atomic mass is 16.5. The largest absolute Gasteiger partial charge is 0.508 e. The second-order valence-electron chi connectivity index (χ2n) is 4.74. The third-order valence-corrected chi connectivity index (χ3v) is 3.04. The topological polar surface area (TPSA) is 61.7 Å². The number of unbranched alkanes of at least 4 members (excludes halogenated alkanes) is 1. The van der Waals surface area contributed by atoms with Crippen LogP contribution in [-0.2, 0) is 4.74 Å². The highest BCUT2D eigenvalue weighted by molar-refractivity contribution is 5.40. The predicted molar refractivity (Wildman–Crippen MR) is 76.5 cm³/mol. The van der Waals surface area contributed by atoms with Crippen molar-refractivity contribution in [2.45, 2.75) is 39.2 Å². The quantitative estimate of drug-likeness (QED) is 0.602. The molecule has 4 heteroatoms. The molecule has 0 radical (unpaired) electrons. The zero-order valence-corrected chi connectivity index (χ0v) is 11.9. The first-order valence-corrected chi connectivity index (χ1v) is 6.98. The van der Waals surface area contributed by atoms with Gasteiger partial charge in [0.2, 0.25) is 0 Å². The van der Waals surface area contributed by atoms with Gasteiger partial charge >= 0.3 is 0 Å². The van der Waals surface area contributed by atoms with Crippen LogP contribution in [0.2, 0.25) is 0 Å². The molecule has 0 aromatic heterocycles. The Bertz CT molecular complexity index is 368. The van der Waals surface area contributed by atoms with E-state index in [9.17, 15) is 10.2 Å². The number of hydrogen-bond donors (Lipinski definition) is 3. The predicted octanol–water partition coefficient (Wildman–Crippen LogP) is 2.96. The number of phenols is 2. The monoisotopic (exact) mass is 267 g/mol. The second-order valence-corrected chi connectivity index (χ2v) is 4.74. The van der Waals surface area contributed by atoms with Crippen LogP contribution in [0.15, 0.2) is 18.2 Å². The van der Waals surface area contributed by atoms with E-state index in [1.54, 1.807) is 12.1 Å². The number of benzene rings is 1. The molecule has 0 saturated carbocycles. The fourth-order valence-corrected chi connectivity index (χ4v) is 1.85. The van der Waals surface area contributed by atoms with Crippen molar-refractivity contribution in [3.8, 4) is 11.5 Å². The Labute approximate surface area is 115 Å². The van der Waals surface area contributed by atoms with Gasteiger partial charge in [-0.1, -0.05) is 19.4 Å². The Hall–Kier alpha value is -1.26. The zero-order valence-electron chi connectivity index (χ0n) is 11.9. The Morgan fingerprint density at radius 3 is 2.63 bits per heavy atom. The first-order chi connectivity index (χ1) is 9.15. The van der Waals surface area contributed by atoms with E-state index in [1.165, 1.54) is 6.07 Å². The highest BCUT2D eigenvalue weighted by Gasteiger charge is 2.09. The average Bonchev–Trinajstić information content (AvgIpc) is 2.37. The number of aromatic hydroxyl groups is 2. The molecule has 4 nitrogen and oxygen atoms in total. The van der Waals surface area contributed by atoms with Crippen LogP contribution in [0.3, 0.4) is 0 Å². The Kier molecular flexibility index (Phi) is 7.30. The van der Waals surface area contributed by atoms with Crippen molar-refractivity contribution in [1.82, 2.24) is 5.32 Å². The van der Waals surface area contributed by atoms with Crippen molar-refractivity contribution < 1.29 is 14.9 Å². The van der Waals surface area contributed by atoms with Crippen molar-refractivity contribution in [2.75, 3.05) is 19.8 Å². The van der Waals surface area contributed by atoms with E-state index in [0.29, 0.717) is 0 Å². The van der Waals surface area contributed by atoms with Crippen molar-refractivity contribution in [1.29, 1.82) is 0 Å². The first-order valence-electron chi connectivity index (χ1n) is 6.98. The van der Waals surface area contributed by atoms with E-state index in [2.05, 4.69) is 12.2 Å². The Balaban J connectivity index is 2.22. The summed E-state index contributed by atoms with van der Waals surface area (Å²) in [5.41, 5.74) is 0.796. The first kappa shape index (κ1) is 15.8. The normalized spacial score (nSPS) is 12.5. The summed E-state index contributed by atoms with van der Waals surface area (Å²) in [6.45, 7) is 6.58. The minimum atomic E-state index is 0.0521. The van der Waals surface area contributed by atoms with Gasteiger partial charge < -0.3 is 20.3 Å². The zero-order chi connectivity index (χ0) is 14.1. The molecular formula is C15H25NO3. The fourth-order valence-electron chi connectivity index (χ4n) is 1.85. The maximum atomic E-state index is 9.74. The van der Waals surface area contributed by atoms with E-state index >= 15 is 0 Å². The molecule has 19 heavy (non-hydrogen) atoms. The lowest BCUT2D eigenvalue weighted by Gasteiger charge is -2.15. The minimum absolute atomic E-state index is 0.0521. The molecule has 0 spiro atoms. The van der Waals surface area contributed by atoms with Crippen molar-refractivity contribution >= 4 is 0 Å². The van der Waals surface area contributed by atoms with Gasteiger partial charge in [-0.05, 0) is 32.4 Å². The molecule has 3 N–H and O–H groups in total. The van der Waals surface area contributed by atoms with Gasteiger partial charge in [0.15, 0.2) is 0 Å². The lowest BCUT2D eigenvalue weighted by molar-refractivity contribution is 0.128. The molecule has 0 aliphatic heterocycles. The molecule has 1 unspecified atom stereocenters. The van der Waals surface area contributed by atoms with Crippen LogP contribution in [-0.4, -0.2) is 30.0 Å². The number of phenolic OH excluding ortho intramolecular Hbond substituents is 2. The van der Waals surface area contributed by atoms with Gasteiger partial charge in [-0.25, -0.2) is 0 Å². The molecule has 0 fully saturated rings. The van der Waals surface area contributed by atoms with E-state index in [0.717, 1.165) is 44.6 Å². The third kappa shape index (κ3) is 5.94. The molecule has 0 amide bonds.